The molecule has 2 heterocycles. The Hall–Kier alpha value is -2.07. The molecule has 1 fully saturated rings. The van der Waals surface area contributed by atoms with Crippen LogP contribution in [0, 0.1) is 0 Å². The minimum atomic E-state index is -0.181. The summed E-state index contributed by atoms with van der Waals surface area (Å²) in [5.41, 5.74) is 1.01. The number of benzene rings is 1. The van der Waals surface area contributed by atoms with Gasteiger partial charge in [-0.2, -0.15) is 0 Å². The Balaban J connectivity index is 1.60. The molecule has 0 spiro atoms. The third kappa shape index (κ3) is 4.51. The first kappa shape index (κ1) is 17.7. The second-order valence-electron chi connectivity index (χ2n) is 7.51. The first-order valence-corrected chi connectivity index (χ1v) is 9.16. The summed E-state index contributed by atoms with van der Waals surface area (Å²) in [6, 6.07) is 14.3. The van der Waals surface area contributed by atoms with Gasteiger partial charge < -0.3 is 9.73 Å². The normalized spacial score (nSPS) is 16.7. The monoisotopic (exact) mass is 340 g/mol. The fourth-order valence-corrected chi connectivity index (χ4v) is 3.61. The summed E-state index contributed by atoms with van der Waals surface area (Å²) < 4.78 is 5.62. The van der Waals surface area contributed by atoms with Gasteiger partial charge in [-0.15, -0.1) is 0 Å². The average molecular weight is 340 g/mol. The van der Waals surface area contributed by atoms with E-state index in [2.05, 4.69) is 36.2 Å². The molecule has 0 saturated carbocycles. The molecule has 1 unspecified atom stereocenters. The molecule has 4 nitrogen and oxygen atoms in total. The Morgan fingerprint density at radius 1 is 1.16 bits per heavy atom. The highest BCUT2D eigenvalue weighted by Gasteiger charge is 2.28. The molecule has 1 aliphatic rings. The summed E-state index contributed by atoms with van der Waals surface area (Å²) >= 11 is 0. The summed E-state index contributed by atoms with van der Waals surface area (Å²) in [4.78, 5) is 15.0. The second-order valence-corrected chi connectivity index (χ2v) is 7.51. The Morgan fingerprint density at radius 3 is 2.52 bits per heavy atom. The first-order valence-electron chi connectivity index (χ1n) is 9.16. The van der Waals surface area contributed by atoms with E-state index >= 15 is 0 Å². The van der Waals surface area contributed by atoms with Crippen LogP contribution in [0.3, 0.4) is 0 Å². The van der Waals surface area contributed by atoms with Crippen LogP contribution in [-0.4, -0.2) is 30.4 Å². The molecule has 1 saturated heterocycles. The van der Waals surface area contributed by atoms with Gasteiger partial charge in [-0.1, -0.05) is 44.2 Å². The van der Waals surface area contributed by atoms with Gasteiger partial charge in [-0.05, 0) is 49.0 Å². The fourth-order valence-electron chi connectivity index (χ4n) is 3.61. The zero-order valence-corrected chi connectivity index (χ0v) is 15.2. The molecule has 3 rings (SSSR count). The van der Waals surface area contributed by atoms with E-state index in [0.717, 1.165) is 18.8 Å². The van der Waals surface area contributed by atoms with Gasteiger partial charge in [-0.3, -0.25) is 9.69 Å². The summed E-state index contributed by atoms with van der Waals surface area (Å²) in [5, 5.41) is 3.13. The molecule has 1 N–H and O–H groups in total. The maximum Gasteiger partial charge on any atom is 0.220 e. The quantitative estimate of drug-likeness (QED) is 0.831. The number of hydrogen-bond acceptors (Lipinski definition) is 3. The van der Waals surface area contributed by atoms with E-state index in [4.69, 9.17) is 4.42 Å². The number of carbonyl (C=O) groups excluding carboxylic acids is 1. The lowest BCUT2D eigenvalue weighted by molar-refractivity contribution is -0.122. The number of nitrogens with one attached hydrogen (secondary N) is 1. The lowest BCUT2D eigenvalue weighted by atomic mass is 9.81. The topological polar surface area (TPSA) is 45.5 Å². The van der Waals surface area contributed by atoms with Crippen molar-refractivity contribution in [3.05, 3.63) is 60.1 Å². The average Bonchev–Trinajstić information content (AvgIpc) is 3.29. The van der Waals surface area contributed by atoms with E-state index in [1.807, 2.05) is 30.3 Å². The molecule has 0 aliphatic carbocycles. The minimum Gasteiger partial charge on any atom is -0.468 e. The van der Waals surface area contributed by atoms with E-state index in [1.54, 1.807) is 6.26 Å². The highest BCUT2D eigenvalue weighted by Crippen LogP contribution is 2.28. The van der Waals surface area contributed by atoms with Gasteiger partial charge in [0.2, 0.25) is 5.91 Å². The fraction of sp³-hybridized carbons (Fsp3) is 0.476. The first-order chi connectivity index (χ1) is 12.1. The van der Waals surface area contributed by atoms with Gasteiger partial charge in [-0.25, -0.2) is 0 Å². The number of amides is 1. The van der Waals surface area contributed by atoms with E-state index in [0.29, 0.717) is 13.0 Å². The van der Waals surface area contributed by atoms with Crippen LogP contribution in [0.4, 0.5) is 0 Å². The zero-order valence-electron chi connectivity index (χ0n) is 15.2. The Morgan fingerprint density at radius 2 is 1.88 bits per heavy atom. The van der Waals surface area contributed by atoms with Crippen molar-refractivity contribution in [3.63, 3.8) is 0 Å². The van der Waals surface area contributed by atoms with Gasteiger partial charge in [0.1, 0.15) is 5.76 Å². The van der Waals surface area contributed by atoms with Crippen LogP contribution in [0.1, 0.15) is 50.5 Å². The Kier molecular flexibility index (Phi) is 5.59. The third-order valence-corrected chi connectivity index (χ3v) is 5.10. The van der Waals surface area contributed by atoms with E-state index in [-0.39, 0.29) is 17.4 Å². The molecule has 134 valence electrons. The molecule has 0 radical (unpaired) electrons. The molecule has 1 aromatic heterocycles. The summed E-state index contributed by atoms with van der Waals surface area (Å²) in [6.45, 7) is 6.96. The number of carbonyl (C=O) groups is 1. The van der Waals surface area contributed by atoms with Crippen LogP contribution < -0.4 is 5.32 Å². The van der Waals surface area contributed by atoms with Crippen molar-refractivity contribution in [2.24, 2.45) is 0 Å². The van der Waals surface area contributed by atoms with Gasteiger partial charge in [0.25, 0.3) is 0 Å². The van der Waals surface area contributed by atoms with Gasteiger partial charge in [0, 0.05) is 13.0 Å². The highest BCUT2D eigenvalue weighted by atomic mass is 16.3. The van der Waals surface area contributed by atoms with Crippen LogP contribution in [-0.2, 0) is 10.2 Å². The standard InChI is InChI=1S/C21H28N2O2/c1-21(2,17-9-4-3-5-10-17)15-20(24)22-16-18(19-11-8-14-25-19)23-12-6-7-13-23/h3-5,8-11,14,18H,6-7,12-13,15-16H2,1-2H3,(H,22,24). The van der Waals surface area contributed by atoms with E-state index in [1.165, 1.54) is 18.4 Å². The number of likely N-dealkylation sites (tertiary alicyclic amines) is 1. The SMILES string of the molecule is CC(C)(CC(=O)NCC(c1ccco1)N1CCCC1)c1ccccc1. The van der Waals surface area contributed by atoms with Crippen LogP contribution >= 0.6 is 0 Å². The predicted octanol–water partition coefficient (Wildman–Crippen LogP) is 3.90. The molecule has 0 bridgehead atoms. The van der Waals surface area contributed by atoms with Gasteiger partial charge in [0.15, 0.2) is 0 Å². The van der Waals surface area contributed by atoms with Gasteiger partial charge in [0.05, 0.1) is 12.3 Å². The summed E-state index contributed by atoms with van der Waals surface area (Å²) in [5.74, 6) is 1.02. The van der Waals surface area contributed by atoms with E-state index in [9.17, 15) is 4.79 Å². The smallest absolute Gasteiger partial charge is 0.220 e. The number of rotatable bonds is 7. The summed E-state index contributed by atoms with van der Waals surface area (Å²) in [7, 11) is 0. The van der Waals surface area contributed by atoms with Crippen molar-refractivity contribution in [1.29, 1.82) is 0 Å². The molecule has 2 aromatic rings. The molecular formula is C21H28N2O2. The molecule has 1 amide bonds. The van der Waals surface area contributed by atoms with Crippen LogP contribution in [0.2, 0.25) is 0 Å². The second kappa shape index (κ2) is 7.87. The number of furan rings is 1. The highest BCUT2D eigenvalue weighted by molar-refractivity contribution is 5.77. The number of hydrogen-bond donors (Lipinski definition) is 1. The largest absolute Gasteiger partial charge is 0.468 e. The minimum absolute atomic E-state index is 0.0876. The van der Waals surface area contributed by atoms with Crippen molar-refractivity contribution in [2.45, 2.75) is 44.6 Å². The Labute approximate surface area is 150 Å². The molecule has 1 aliphatic heterocycles. The summed E-state index contributed by atoms with van der Waals surface area (Å²) in [6.07, 6.45) is 4.61. The van der Waals surface area contributed by atoms with Crippen molar-refractivity contribution >= 4 is 5.91 Å². The van der Waals surface area contributed by atoms with Crippen molar-refractivity contribution < 1.29 is 9.21 Å². The molecule has 25 heavy (non-hydrogen) atoms. The van der Waals surface area contributed by atoms with Crippen LogP contribution in [0.15, 0.2) is 53.1 Å². The van der Waals surface area contributed by atoms with Gasteiger partial charge >= 0.3 is 0 Å². The Bertz CT molecular complexity index is 658. The van der Waals surface area contributed by atoms with Crippen molar-refractivity contribution in [1.82, 2.24) is 10.2 Å². The number of nitrogens with zero attached hydrogens (tertiary/aromatic N) is 1. The van der Waals surface area contributed by atoms with Crippen molar-refractivity contribution in [2.75, 3.05) is 19.6 Å². The zero-order chi connectivity index (χ0) is 17.7. The maximum absolute atomic E-state index is 12.6. The lowest BCUT2D eigenvalue weighted by Crippen LogP contribution is -2.38. The molecule has 4 heteroatoms. The van der Waals surface area contributed by atoms with Crippen LogP contribution in [0.25, 0.3) is 0 Å². The maximum atomic E-state index is 12.6. The van der Waals surface area contributed by atoms with E-state index < -0.39 is 0 Å². The third-order valence-electron chi connectivity index (χ3n) is 5.10. The predicted molar refractivity (Wildman–Crippen MR) is 99.4 cm³/mol. The lowest BCUT2D eigenvalue weighted by Gasteiger charge is -2.28. The molecule has 1 aromatic carbocycles. The van der Waals surface area contributed by atoms with Crippen molar-refractivity contribution in [3.8, 4) is 0 Å². The molecular weight excluding hydrogens is 312 g/mol. The molecule has 1 atom stereocenters. The van der Waals surface area contributed by atoms with Crippen LogP contribution in [0.5, 0.6) is 0 Å².